The van der Waals surface area contributed by atoms with Gasteiger partial charge in [0, 0.05) is 28.8 Å². The number of aliphatic hydroxyl groups excluding tert-OH is 1. The van der Waals surface area contributed by atoms with E-state index in [1.54, 1.807) is 6.07 Å². The number of aliphatic hydroxyl groups is 1. The Morgan fingerprint density at radius 1 is 1.21 bits per heavy atom. The molecule has 0 atom stereocenters. The molecule has 0 bridgehead atoms. The first kappa shape index (κ1) is 21.3. The molecule has 0 heterocycles. The van der Waals surface area contributed by atoms with E-state index < -0.39 is 23.4 Å². The lowest BCUT2D eigenvalue weighted by molar-refractivity contribution is -0.384. The smallest absolute Gasteiger partial charge is 0.341 e. The lowest BCUT2D eigenvalue weighted by atomic mass is 10.1. The number of nitro groups is 1. The predicted molar refractivity (Wildman–Crippen MR) is 106 cm³/mol. The molecule has 0 aliphatic carbocycles. The zero-order chi connectivity index (χ0) is 20.7. The summed E-state index contributed by atoms with van der Waals surface area (Å²) < 4.78 is 5.67. The van der Waals surface area contributed by atoms with Crippen LogP contribution in [0.3, 0.4) is 0 Å². The van der Waals surface area contributed by atoms with Crippen LogP contribution in [0.15, 0.2) is 40.9 Å². The number of nitrogens with zero attached hydrogens (tertiary/aromatic N) is 1. The molecular formula is C18H18BrN3O6. The van der Waals surface area contributed by atoms with Crippen LogP contribution in [0.4, 0.5) is 17.1 Å². The van der Waals surface area contributed by atoms with Gasteiger partial charge in [-0.3, -0.25) is 14.9 Å². The lowest BCUT2D eigenvalue weighted by Crippen LogP contribution is -2.22. The number of aryl methyl sites for hydroxylation is 1. The molecular weight excluding hydrogens is 434 g/mol. The third-order valence-electron chi connectivity index (χ3n) is 3.59. The fraction of sp³-hybridized carbons (Fsp3) is 0.222. The van der Waals surface area contributed by atoms with Gasteiger partial charge in [0.15, 0.2) is 6.61 Å². The second kappa shape index (κ2) is 9.81. The van der Waals surface area contributed by atoms with Crippen molar-refractivity contribution in [3.8, 4) is 0 Å². The topological polar surface area (TPSA) is 131 Å². The standard InChI is InChI=1S/C18H18BrN3O6/c1-11-2-4-16(14(19)8-11)21-17(24)10-28-18(25)13-9-12(22(26)27)3-5-15(13)20-6-7-23/h2-5,8-9,20,23H,6-7,10H2,1H3,(H,21,24). The minimum Gasteiger partial charge on any atom is -0.452 e. The number of anilines is 2. The van der Waals surface area contributed by atoms with Crippen LogP contribution in [0.2, 0.25) is 0 Å². The van der Waals surface area contributed by atoms with E-state index in [9.17, 15) is 19.7 Å². The van der Waals surface area contributed by atoms with E-state index in [1.165, 1.54) is 12.1 Å². The van der Waals surface area contributed by atoms with Gasteiger partial charge in [-0.2, -0.15) is 0 Å². The summed E-state index contributed by atoms with van der Waals surface area (Å²) in [4.78, 5) is 34.7. The summed E-state index contributed by atoms with van der Waals surface area (Å²) in [5, 5.41) is 25.2. The van der Waals surface area contributed by atoms with E-state index in [-0.39, 0.29) is 30.1 Å². The summed E-state index contributed by atoms with van der Waals surface area (Å²) in [6, 6.07) is 8.96. The highest BCUT2D eigenvalue weighted by Gasteiger charge is 2.19. The third-order valence-corrected chi connectivity index (χ3v) is 4.25. The van der Waals surface area contributed by atoms with Crippen molar-refractivity contribution in [3.05, 3.63) is 62.1 Å². The Labute approximate surface area is 169 Å². The van der Waals surface area contributed by atoms with E-state index in [0.717, 1.165) is 11.6 Å². The third kappa shape index (κ3) is 5.76. The molecule has 0 radical (unpaired) electrons. The molecule has 2 rings (SSSR count). The zero-order valence-electron chi connectivity index (χ0n) is 14.9. The molecule has 0 spiro atoms. The fourth-order valence-corrected chi connectivity index (χ4v) is 2.87. The molecule has 148 valence electrons. The number of carbonyl (C=O) groups excluding carboxylic acids is 2. The second-order valence-corrected chi connectivity index (χ2v) is 6.60. The highest BCUT2D eigenvalue weighted by Crippen LogP contribution is 2.24. The van der Waals surface area contributed by atoms with Crippen LogP contribution < -0.4 is 10.6 Å². The van der Waals surface area contributed by atoms with E-state index in [0.29, 0.717) is 10.2 Å². The van der Waals surface area contributed by atoms with Gasteiger partial charge >= 0.3 is 5.97 Å². The number of nitro benzene ring substituents is 1. The quantitative estimate of drug-likeness (QED) is 0.319. The summed E-state index contributed by atoms with van der Waals surface area (Å²) in [5.41, 5.74) is 1.38. The molecule has 28 heavy (non-hydrogen) atoms. The van der Waals surface area contributed by atoms with E-state index in [2.05, 4.69) is 26.6 Å². The van der Waals surface area contributed by atoms with Crippen molar-refractivity contribution in [1.82, 2.24) is 0 Å². The average molecular weight is 452 g/mol. The maximum Gasteiger partial charge on any atom is 0.341 e. The Kier molecular flexibility index (Phi) is 7.47. The maximum absolute atomic E-state index is 12.3. The first-order valence-electron chi connectivity index (χ1n) is 8.18. The molecule has 2 aromatic carbocycles. The summed E-state index contributed by atoms with van der Waals surface area (Å²) >= 11 is 3.33. The van der Waals surface area contributed by atoms with Crippen molar-refractivity contribution in [2.24, 2.45) is 0 Å². The summed E-state index contributed by atoms with van der Waals surface area (Å²) in [7, 11) is 0. The van der Waals surface area contributed by atoms with Crippen LogP contribution in [0.5, 0.6) is 0 Å². The molecule has 0 saturated carbocycles. The Morgan fingerprint density at radius 3 is 2.57 bits per heavy atom. The number of non-ortho nitro benzene ring substituents is 1. The Balaban J connectivity index is 2.07. The van der Waals surface area contributed by atoms with Crippen LogP contribution >= 0.6 is 15.9 Å². The molecule has 3 N–H and O–H groups in total. The molecule has 0 unspecified atom stereocenters. The molecule has 0 fully saturated rings. The first-order valence-corrected chi connectivity index (χ1v) is 8.97. The van der Waals surface area contributed by atoms with E-state index in [4.69, 9.17) is 9.84 Å². The number of benzene rings is 2. The number of carbonyl (C=O) groups is 2. The summed E-state index contributed by atoms with van der Waals surface area (Å²) in [6.45, 7) is 1.28. The molecule has 0 aliphatic rings. The average Bonchev–Trinajstić information content (AvgIpc) is 2.66. The van der Waals surface area contributed by atoms with Gasteiger partial charge in [-0.15, -0.1) is 0 Å². The van der Waals surface area contributed by atoms with Crippen LogP contribution in [0.25, 0.3) is 0 Å². The normalized spacial score (nSPS) is 10.2. The van der Waals surface area contributed by atoms with Crippen molar-refractivity contribution in [2.75, 3.05) is 30.4 Å². The molecule has 2 aromatic rings. The van der Waals surface area contributed by atoms with Gasteiger partial charge in [-0.25, -0.2) is 4.79 Å². The van der Waals surface area contributed by atoms with Gasteiger partial charge < -0.3 is 20.5 Å². The van der Waals surface area contributed by atoms with E-state index in [1.807, 2.05) is 19.1 Å². The van der Waals surface area contributed by atoms with Crippen molar-refractivity contribution >= 4 is 44.9 Å². The number of amides is 1. The van der Waals surface area contributed by atoms with Crippen LogP contribution in [0, 0.1) is 17.0 Å². The Hall–Kier alpha value is -2.98. The number of hydrogen-bond acceptors (Lipinski definition) is 7. The Bertz CT molecular complexity index is 903. The number of esters is 1. The van der Waals surface area contributed by atoms with Gasteiger partial charge in [-0.1, -0.05) is 6.07 Å². The largest absolute Gasteiger partial charge is 0.452 e. The molecule has 1 amide bonds. The highest BCUT2D eigenvalue weighted by molar-refractivity contribution is 9.10. The maximum atomic E-state index is 12.3. The molecule has 0 saturated heterocycles. The van der Waals surface area contributed by atoms with Crippen LogP contribution in [0.1, 0.15) is 15.9 Å². The van der Waals surface area contributed by atoms with E-state index >= 15 is 0 Å². The summed E-state index contributed by atoms with van der Waals surface area (Å²) in [6.07, 6.45) is 0. The zero-order valence-corrected chi connectivity index (χ0v) is 16.5. The molecule has 9 nitrogen and oxygen atoms in total. The fourth-order valence-electron chi connectivity index (χ4n) is 2.28. The number of nitrogens with one attached hydrogen (secondary N) is 2. The number of rotatable bonds is 8. The lowest BCUT2D eigenvalue weighted by Gasteiger charge is -2.12. The van der Waals surface area contributed by atoms with Gasteiger partial charge in [-0.05, 0) is 46.6 Å². The van der Waals surface area contributed by atoms with Crippen molar-refractivity contribution in [2.45, 2.75) is 6.92 Å². The SMILES string of the molecule is Cc1ccc(NC(=O)COC(=O)c2cc([N+](=O)[O-])ccc2NCCO)c(Br)c1. The molecule has 0 aliphatic heterocycles. The number of halogens is 1. The summed E-state index contributed by atoms with van der Waals surface area (Å²) in [5.74, 6) is -1.46. The Morgan fingerprint density at radius 2 is 1.93 bits per heavy atom. The second-order valence-electron chi connectivity index (χ2n) is 5.74. The minimum atomic E-state index is -0.901. The first-order chi connectivity index (χ1) is 13.3. The van der Waals surface area contributed by atoms with Crippen molar-refractivity contribution in [3.63, 3.8) is 0 Å². The molecule has 10 heteroatoms. The van der Waals surface area contributed by atoms with Crippen molar-refractivity contribution in [1.29, 1.82) is 0 Å². The van der Waals surface area contributed by atoms with Crippen LogP contribution in [-0.2, 0) is 9.53 Å². The number of hydrogen-bond donors (Lipinski definition) is 3. The molecule has 0 aromatic heterocycles. The van der Waals surface area contributed by atoms with Crippen LogP contribution in [-0.4, -0.2) is 41.7 Å². The van der Waals surface area contributed by atoms with Crippen molar-refractivity contribution < 1.29 is 24.4 Å². The predicted octanol–water partition coefficient (Wildman–Crippen LogP) is 2.87. The van der Waals surface area contributed by atoms with Gasteiger partial charge in [0.25, 0.3) is 11.6 Å². The highest BCUT2D eigenvalue weighted by atomic mass is 79.9. The monoisotopic (exact) mass is 451 g/mol. The number of ether oxygens (including phenoxy) is 1. The van der Waals surface area contributed by atoms with Gasteiger partial charge in [0.1, 0.15) is 0 Å². The van der Waals surface area contributed by atoms with Gasteiger partial charge in [0.2, 0.25) is 0 Å². The minimum absolute atomic E-state index is 0.105. The van der Waals surface area contributed by atoms with Gasteiger partial charge in [0.05, 0.1) is 22.8 Å².